The van der Waals surface area contributed by atoms with Gasteiger partial charge in [-0.3, -0.25) is 4.79 Å². The van der Waals surface area contributed by atoms with Crippen LogP contribution in [-0.4, -0.2) is 5.12 Å². The van der Waals surface area contributed by atoms with Crippen LogP contribution in [-0.2, 0) is 4.79 Å². The normalized spacial score (nSPS) is 10.8. The minimum Gasteiger partial charge on any atom is -0.287 e. The lowest BCUT2D eigenvalue weighted by Crippen LogP contribution is -1.75. The van der Waals surface area contributed by atoms with Gasteiger partial charge in [-0.05, 0) is 18.2 Å². The second kappa shape index (κ2) is 8.85. The molecule has 70 valence electrons. The van der Waals surface area contributed by atoms with E-state index in [1.165, 1.54) is 37.4 Å². The van der Waals surface area contributed by atoms with E-state index in [0.29, 0.717) is 0 Å². The van der Waals surface area contributed by atoms with E-state index < -0.39 is 0 Å². The molecule has 12 heavy (non-hydrogen) atoms. The van der Waals surface area contributed by atoms with Crippen LogP contribution in [0.5, 0.6) is 0 Å². The number of hydrogen-bond acceptors (Lipinski definition) is 2. The average molecular weight is 186 g/mol. The maximum Gasteiger partial charge on any atom is 0.190 e. The summed E-state index contributed by atoms with van der Waals surface area (Å²) in [4.78, 5) is 10.5. The molecule has 0 rings (SSSR count). The molecule has 0 saturated heterocycles. The highest BCUT2D eigenvalue weighted by atomic mass is 32.2. The van der Waals surface area contributed by atoms with Crippen molar-refractivity contribution in [3.05, 3.63) is 11.5 Å². The van der Waals surface area contributed by atoms with Gasteiger partial charge in [-0.25, -0.2) is 0 Å². The van der Waals surface area contributed by atoms with Crippen molar-refractivity contribution in [2.24, 2.45) is 0 Å². The Bertz CT molecular complexity index is 141. The second-order valence-electron chi connectivity index (χ2n) is 2.83. The fraction of sp³-hybridized carbons (Fsp3) is 0.700. The standard InChI is InChI=1S/C10H18OS/c1-3-4-5-6-7-8-9-12-10(2)11/h8-9H,3-7H2,1-2H3. The molecule has 0 atom stereocenters. The minimum absolute atomic E-state index is 0.166. The molecule has 0 amide bonds. The monoisotopic (exact) mass is 186 g/mol. The Morgan fingerprint density at radius 3 is 2.67 bits per heavy atom. The summed E-state index contributed by atoms with van der Waals surface area (Å²) in [6.07, 6.45) is 8.37. The summed E-state index contributed by atoms with van der Waals surface area (Å²) in [6.45, 7) is 3.80. The van der Waals surface area contributed by atoms with E-state index in [2.05, 4.69) is 13.0 Å². The molecule has 0 aliphatic heterocycles. The van der Waals surface area contributed by atoms with Crippen LogP contribution in [0.3, 0.4) is 0 Å². The van der Waals surface area contributed by atoms with Gasteiger partial charge in [-0.15, -0.1) is 0 Å². The first-order chi connectivity index (χ1) is 5.77. The Morgan fingerprint density at radius 1 is 1.33 bits per heavy atom. The topological polar surface area (TPSA) is 17.1 Å². The van der Waals surface area contributed by atoms with Crippen molar-refractivity contribution in [1.82, 2.24) is 0 Å². The maximum absolute atomic E-state index is 10.5. The number of allylic oxidation sites excluding steroid dienone is 1. The zero-order valence-corrected chi connectivity index (χ0v) is 8.82. The zero-order valence-electron chi connectivity index (χ0n) is 8.01. The van der Waals surface area contributed by atoms with Crippen LogP contribution in [0, 0.1) is 0 Å². The lowest BCUT2D eigenvalue weighted by atomic mass is 10.2. The molecule has 0 bridgehead atoms. The molecule has 0 aliphatic rings. The van der Waals surface area contributed by atoms with Crippen LogP contribution in [0.25, 0.3) is 0 Å². The largest absolute Gasteiger partial charge is 0.287 e. The average Bonchev–Trinajstić information content (AvgIpc) is 2.02. The summed E-state index contributed by atoms with van der Waals surface area (Å²) in [5, 5.41) is 2.06. The highest BCUT2D eigenvalue weighted by molar-refractivity contribution is 8.16. The molecule has 0 aromatic heterocycles. The van der Waals surface area contributed by atoms with E-state index in [4.69, 9.17) is 0 Å². The third kappa shape index (κ3) is 9.76. The van der Waals surface area contributed by atoms with Gasteiger partial charge >= 0.3 is 0 Å². The number of rotatable bonds is 6. The third-order valence-electron chi connectivity index (χ3n) is 1.55. The molecule has 0 fully saturated rings. The zero-order chi connectivity index (χ0) is 9.23. The van der Waals surface area contributed by atoms with Gasteiger partial charge in [0.05, 0.1) is 0 Å². The van der Waals surface area contributed by atoms with Gasteiger partial charge < -0.3 is 0 Å². The van der Waals surface area contributed by atoms with Crippen molar-refractivity contribution in [3.63, 3.8) is 0 Å². The fourth-order valence-corrected chi connectivity index (χ4v) is 1.32. The van der Waals surface area contributed by atoms with Crippen LogP contribution in [0.15, 0.2) is 11.5 Å². The molecule has 0 heterocycles. The molecule has 0 N–H and O–H groups in total. The summed E-state index contributed by atoms with van der Waals surface area (Å²) in [6, 6.07) is 0. The maximum atomic E-state index is 10.5. The van der Waals surface area contributed by atoms with Gasteiger partial charge in [0.25, 0.3) is 0 Å². The first-order valence-corrected chi connectivity index (χ1v) is 5.47. The molecule has 0 aromatic rings. The summed E-state index contributed by atoms with van der Waals surface area (Å²) < 4.78 is 0. The molecule has 0 aromatic carbocycles. The molecular formula is C10H18OS. The molecule has 0 unspecified atom stereocenters. The molecule has 0 spiro atoms. The van der Waals surface area contributed by atoms with Crippen molar-refractivity contribution in [2.45, 2.75) is 46.0 Å². The molecule has 0 radical (unpaired) electrons. The van der Waals surface area contributed by atoms with Crippen LogP contribution in [0.1, 0.15) is 46.0 Å². The Kier molecular flexibility index (Phi) is 8.68. The van der Waals surface area contributed by atoms with Crippen LogP contribution >= 0.6 is 11.8 Å². The molecule has 2 heteroatoms. The molecule has 0 saturated carbocycles. The molecule has 0 aliphatic carbocycles. The second-order valence-corrected chi connectivity index (χ2v) is 3.91. The first kappa shape index (κ1) is 11.8. The predicted octanol–water partition coefficient (Wildman–Crippen LogP) is 3.75. The number of carbonyl (C=O) groups is 1. The first-order valence-electron chi connectivity index (χ1n) is 4.59. The Morgan fingerprint density at radius 2 is 2.08 bits per heavy atom. The Hall–Kier alpha value is -0.240. The van der Waals surface area contributed by atoms with Crippen LogP contribution < -0.4 is 0 Å². The van der Waals surface area contributed by atoms with Crippen molar-refractivity contribution < 1.29 is 4.79 Å². The smallest absolute Gasteiger partial charge is 0.190 e. The highest BCUT2D eigenvalue weighted by Gasteiger charge is 1.87. The summed E-state index contributed by atoms with van der Waals surface area (Å²) >= 11 is 1.28. The third-order valence-corrected chi connectivity index (χ3v) is 2.22. The SMILES string of the molecule is CCCCCCC=CSC(C)=O. The van der Waals surface area contributed by atoms with Crippen molar-refractivity contribution >= 4 is 16.9 Å². The summed E-state index contributed by atoms with van der Waals surface area (Å²) in [7, 11) is 0. The number of thioether (sulfide) groups is 1. The van der Waals surface area contributed by atoms with E-state index in [1.54, 1.807) is 6.92 Å². The van der Waals surface area contributed by atoms with Gasteiger partial charge in [0.2, 0.25) is 0 Å². The number of carbonyl (C=O) groups excluding carboxylic acids is 1. The fourth-order valence-electron chi connectivity index (χ4n) is 0.901. The Labute approximate surface area is 79.6 Å². The van der Waals surface area contributed by atoms with Gasteiger partial charge in [0.1, 0.15) is 0 Å². The minimum atomic E-state index is 0.166. The van der Waals surface area contributed by atoms with Gasteiger partial charge in [0.15, 0.2) is 5.12 Å². The van der Waals surface area contributed by atoms with E-state index in [9.17, 15) is 4.79 Å². The lowest BCUT2D eigenvalue weighted by molar-refractivity contribution is -0.109. The van der Waals surface area contributed by atoms with Crippen molar-refractivity contribution in [3.8, 4) is 0 Å². The van der Waals surface area contributed by atoms with Gasteiger partial charge in [-0.2, -0.15) is 0 Å². The summed E-state index contributed by atoms with van der Waals surface area (Å²) in [5.41, 5.74) is 0. The van der Waals surface area contributed by atoms with E-state index >= 15 is 0 Å². The lowest BCUT2D eigenvalue weighted by Gasteiger charge is -1.93. The Balaban J connectivity index is 3.08. The number of unbranched alkanes of at least 4 members (excludes halogenated alkanes) is 4. The molecule has 1 nitrogen and oxygen atoms in total. The van der Waals surface area contributed by atoms with Crippen LogP contribution in [0.2, 0.25) is 0 Å². The quantitative estimate of drug-likeness (QED) is 0.588. The van der Waals surface area contributed by atoms with Gasteiger partial charge in [0, 0.05) is 6.92 Å². The highest BCUT2D eigenvalue weighted by Crippen LogP contribution is 2.07. The number of hydrogen-bond donors (Lipinski definition) is 0. The van der Waals surface area contributed by atoms with E-state index in [0.717, 1.165) is 6.42 Å². The predicted molar refractivity (Wildman–Crippen MR) is 56.2 cm³/mol. The van der Waals surface area contributed by atoms with E-state index in [-0.39, 0.29) is 5.12 Å². The van der Waals surface area contributed by atoms with Gasteiger partial charge in [-0.1, -0.05) is 44.0 Å². The summed E-state index contributed by atoms with van der Waals surface area (Å²) in [5.74, 6) is 0. The van der Waals surface area contributed by atoms with Crippen molar-refractivity contribution in [2.75, 3.05) is 0 Å². The van der Waals surface area contributed by atoms with E-state index in [1.807, 2.05) is 5.41 Å². The molecular weight excluding hydrogens is 168 g/mol. The van der Waals surface area contributed by atoms with Crippen molar-refractivity contribution in [1.29, 1.82) is 0 Å². The van der Waals surface area contributed by atoms with Crippen LogP contribution in [0.4, 0.5) is 0 Å².